The van der Waals surface area contributed by atoms with Crippen LogP contribution in [0.1, 0.15) is 33.1 Å². The topological polar surface area (TPSA) is 72.8 Å². The Labute approximate surface area is 99.4 Å². The summed E-state index contributed by atoms with van der Waals surface area (Å²) in [6.07, 6.45) is 0.862. The van der Waals surface area contributed by atoms with Gasteiger partial charge in [-0.15, -0.1) is 0 Å². The van der Waals surface area contributed by atoms with Crippen molar-refractivity contribution in [2.75, 3.05) is 6.61 Å². The minimum Gasteiger partial charge on any atom is -0.490 e. The minimum atomic E-state index is -1.93. The van der Waals surface area contributed by atoms with Gasteiger partial charge in [0.05, 0.1) is 12.2 Å². The normalized spacial score (nSPS) is 32.2. The molecular formula is C12H16O5. The molecule has 0 bridgehead atoms. The van der Waals surface area contributed by atoms with Crippen molar-refractivity contribution < 1.29 is 24.2 Å². The molecule has 0 aromatic rings. The van der Waals surface area contributed by atoms with Crippen molar-refractivity contribution in [3.05, 3.63) is 11.3 Å². The number of allylic oxidation sites excluding steroid dienone is 1. The van der Waals surface area contributed by atoms with Crippen molar-refractivity contribution in [2.45, 2.75) is 44.8 Å². The number of hydrogen-bond donors (Lipinski definition) is 1. The minimum absolute atomic E-state index is 0.106. The lowest BCUT2D eigenvalue weighted by Gasteiger charge is -2.25. The Morgan fingerprint density at radius 1 is 1.59 bits per heavy atom. The van der Waals surface area contributed by atoms with Gasteiger partial charge in [-0.25, -0.2) is 4.79 Å². The Balaban J connectivity index is 2.41. The third-order valence-electron chi connectivity index (χ3n) is 3.24. The predicted octanol–water partition coefficient (Wildman–Crippen LogP) is 0.706. The fourth-order valence-electron chi connectivity index (χ4n) is 2.37. The maximum absolute atomic E-state index is 11.8. The van der Waals surface area contributed by atoms with E-state index in [4.69, 9.17) is 9.47 Å². The molecule has 17 heavy (non-hydrogen) atoms. The van der Waals surface area contributed by atoms with Crippen LogP contribution in [0.3, 0.4) is 0 Å². The number of aliphatic hydroxyl groups is 1. The summed E-state index contributed by atoms with van der Waals surface area (Å²) < 4.78 is 10.3. The van der Waals surface area contributed by atoms with Crippen LogP contribution in [0.5, 0.6) is 0 Å². The zero-order valence-corrected chi connectivity index (χ0v) is 9.99. The molecule has 0 aromatic carbocycles. The van der Waals surface area contributed by atoms with E-state index < -0.39 is 17.7 Å². The number of hydrogen-bond acceptors (Lipinski definition) is 5. The summed E-state index contributed by atoms with van der Waals surface area (Å²) in [5.41, 5.74) is -1.82. The zero-order chi connectivity index (χ0) is 12.6. The van der Waals surface area contributed by atoms with Crippen LogP contribution in [-0.4, -0.2) is 35.2 Å². The lowest BCUT2D eigenvalue weighted by atomic mass is 9.83. The monoisotopic (exact) mass is 240 g/mol. The van der Waals surface area contributed by atoms with Crippen molar-refractivity contribution in [2.24, 2.45) is 0 Å². The lowest BCUT2D eigenvalue weighted by Crippen LogP contribution is -2.50. The van der Waals surface area contributed by atoms with Gasteiger partial charge in [0, 0.05) is 12.8 Å². The second-order valence-electron chi connectivity index (χ2n) is 4.32. The molecule has 0 radical (unpaired) electrons. The number of ketones is 1. The van der Waals surface area contributed by atoms with Gasteiger partial charge in [-0.05, 0) is 20.3 Å². The third kappa shape index (κ3) is 1.65. The first-order chi connectivity index (χ1) is 8.01. The molecular weight excluding hydrogens is 224 g/mol. The maximum atomic E-state index is 11.8. The Bertz CT molecular complexity index is 398. The molecule has 0 spiro atoms. The van der Waals surface area contributed by atoms with Crippen molar-refractivity contribution in [1.29, 1.82) is 0 Å². The molecule has 0 fully saturated rings. The number of rotatable bonds is 2. The molecule has 94 valence electrons. The molecule has 0 amide bonds. The van der Waals surface area contributed by atoms with E-state index in [0.29, 0.717) is 25.0 Å². The standard InChI is InChI=1S/C12H16O5/c1-3-16-11(14)12(15)7(2)17-9-6-4-5-8(13)10(9)12/h7,15H,3-6H2,1-2H3/t7-,12+/m1/s1. The highest BCUT2D eigenvalue weighted by atomic mass is 16.6. The van der Waals surface area contributed by atoms with Gasteiger partial charge in [-0.1, -0.05) is 0 Å². The van der Waals surface area contributed by atoms with Crippen LogP contribution in [0.2, 0.25) is 0 Å². The summed E-state index contributed by atoms with van der Waals surface area (Å²) in [5, 5.41) is 10.4. The summed E-state index contributed by atoms with van der Waals surface area (Å²) in [4.78, 5) is 23.7. The molecule has 2 aliphatic rings. The van der Waals surface area contributed by atoms with E-state index in [1.165, 1.54) is 0 Å². The van der Waals surface area contributed by atoms with Crippen molar-refractivity contribution in [3.8, 4) is 0 Å². The SMILES string of the molecule is CCOC(=O)[C@@]1(O)C2=C(CCCC2=O)O[C@@H]1C. The maximum Gasteiger partial charge on any atom is 0.347 e. The summed E-state index contributed by atoms with van der Waals surface area (Å²) in [6.45, 7) is 3.38. The smallest absolute Gasteiger partial charge is 0.347 e. The Morgan fingerprint density at radius 3 is 2.94 bits per heavy atom. The van der Waals surface area contributed by atoms with Crippen LogP contribution < -0.4 is 0 Å². The molecule has 2 rings (SSSR count). The lowest BCUT2D eigenvalue weighted by molar-refractivity contribution is -0.168. The van der Waals surface area contributed by atoms with Gasteiger partial charge >= 0.3 is 5.97 Å². The summed E-state index contributed by atoms with van der Waals surface area (Å²) >= 11 is 0. The first kappa shape index (κ1) is 12.1. The van der Waals surface area contributed by atoms with E-state index >= 15 is 0 Å². The van der Waals surface area contributed by atoms with Gasteiger partial charge in [0.15, 0.2) is 5.78 Å². The first-order valence-corrected chi connectivity index (χ1v) is 5.84. The number of carbonyl (C=O) groups excluding carboxylic acids is 2. The predicted molar refractivity (Wildman–Crippen MR) is 58.0 cm³/mol. The Hall–Kier alpha value is -1.36. The van der Waals surface area contributed by atoms with Gasteiger partial charge in [0.25, 0.3) is 0 Å². The Morgan fingerprint density at radius 2 is 2.29 bits per heavy atom. The van der Waals surface area contributed by atoms with Gasteiger partial charge in [-0.3, -0.25) is 4.79 Å². The molecule has 0 aromatic heterocycles. The van der Waals surface area contributed by atoms with Crippen LogP contribution in [0.4, 0.5) is 0 Å². The Kier molecular flexibility index (Phi) is 2.95. The molecule has 1 heterocycles. The van der Waals surface area contributed by atoms with E-state index in [-0.39, 0.29) is 18.0 Å². The van der Waals surface area contributed by atoms with Crippen LogP contribution in [0.15, 0.2) is 11.3 Å². The summed E-state index contributed by atoms with van der Waals surface area (Å²) in [7, 11) is 0. The van der Waals surface area contributed by atoms with Gasteiger partial charge in [-0.2, -0.15) is 0 Å². The first-order valence-electron chi connectivity index (χ1n) is 5.84. The molecule has 0 saturated carbocycles. The van der Waals surface area contributed by atoms with Crippen molar-refractivity contribution in [1.82, 2.24) is 0 Å². The molecule has 0 saturated heterocycles. The van der Waals surface area contributed by atoms with E-state index in [1.807, 2.05) is 0 Å². The van der Waals surface area contributed by atoms with Crippen molar-refractivity contribution >= 4 is 11.8 Å². The van der Waals surface area contributed by atoms with E-state index in [1.54, 1.807) is 13.8 Å². The fourth-order valence-corrected chi connectivity index (χ4v) is 2.37. The van der Waals surface area contributed by atoms with Crippen molar-refractivity contribution in [3.63, 3.8) is 0 Å². The number of Topliss-reactive ketones (excluding diaryl/α,β-unsaturated/α-hetero) is 1. The quantitative estimate of drug-likeness (QED) is 0.719. The largest absolute Gasteiger partial charge is 0.490 e. The van der Waals surface area contributed by atoms with Crippen LogP contribution in [0, 0.1) is 0 Å². The van der Waals surface area contributed by atoms with E-state index in [0.717, 1.165) is 0 Å². The highest BCUT2D eigenvalue weighted by molar-refractivity contribution is 6.06. The summed E-state index contributed by atoms with van der Waals surface area (Å²) in [6, 6.07) is 0. The zero-order valence-electron chi connectivity index (χ0n) is 9.99. The average molecular weight is 240 g/mol. The number of carbonyl (C=O) groups is 2. The highest BCUT2D eigenvalue weighted by Gasteiger charge is 2.57. The van der Waals surface area contributed by atoms with Crippen LogP contribution in [0.25, 0.3) is 0 Å². The second-order valence-corrected chi connectivity index (χ2v) is 4.32. The fraction of sp³-hybridized carbons (Fsp3) is 0.667. The molecule has 1 aliphatic carbocycles. The third-order valence-corrected chi connectivity index (χ3v) is 3.24. The average Bonchev–Trinajstić information content (AvgIpc) is 2.54. The second kappa shape index (κ2) is 4.14. The highest BCUT2D eigenvalue weighted by Crippen LogP contribution is 2.41. The van der Waals surface area contributed by atoms with Crippen LogP contribution in [-0.2, 0) is 19.1 Å². The molecule has 5 heteroatoms. The molecule has 5 nitrogen and oxygen atoms in total. The molecule has 1 aliphatic heterocycles. The van der Waals surface area contributed by atoms with Gasteiger partial charge < -0.3 is 14.6 Å². The number of esters is 1. The van der Waals surface area contributed by atoms with Crippen LogP contribution >= 0.6 is 0 Å². The van der Waals surface area contributed by atoms with E-state index in [9.17, 15) is 14.7 Å². The number of ether oxygens (including phenoxy) is 2. The molecule has 1 N–H and O–H groups in total. The van der Waals surface area contributed by atoms with Gasteiger partial charge in [0.2, 0.25) is 5.60 Å². The van der Waals surface area contributed by atoms with Gasteiger partial charge in [0.1, 0.15) is 11.9 Å². The van der Waals surface area contributed by atoms with E-state index in [2.05, 4.69) is 0 Å². The summed E-state index contributed by atoms with van der Waals surface area (Å²) in [5.74, 6) is -0.566. The molecule has 0 unspecified atom stereocenters. The molecule has 2 atom stereocenters.